The van der Waals surface area contributed by atoms with Crippen LogP contribution in [0.4, 0.5) is 0 Å². The highest BCUT2D eigenvalue weighted by Crippen LogP contribution is 2.40. The van der Waals surface area contributed by atoms with Crippen LogP contribution in [0.2, 0.25) is 0 Å². The van der Waals surface area contributed by atoms with E-state index in [4.69, 9.17) is 0 Å². The average molecular weight is 192 g/mol. The van der Waals surface area contributed by atoms with E-state index in [1.54, 1.807) is 12.1 Å². The number of benzene rings is 1. The van der Waals surface area contributed by atoms with E-state index in [9.17, 15) is 10.2 Å². The predicted octanol–water partition coefficient (Wildman–Crippen LogP) is 2.78. The Labute approximate surface area is 84.2 Å². The molecule has 1 aromatic carbocycles. The van der Waals surface area contributed by atoms with Crippen LogP contribution in [0, 0.1) is 5.92 Å². The van der Waals surface area contributed by atoms with E-state index in [1.807, 2.05) is 0 Å². The van der Waals surface area contributed by atoms with Gasteiger partial charge in [-0.3, -0.25) is 0 Å². The minimum Gasteiger partial charge on any atom is -0.504 e. The molecule has 2 atom stereocenters. The Morgan fingerprint density at radius 1 is 1.14 bits per heavy atom. The summed E-state index contributed by atoms with van der Waals surface area (Å²) < 4.78 is 0. The number of fused-ring (bicyclic) bond motifs is 1. The maximum atomic E-state index is 9.43. The summed E-state index contributed by atoms with van der Waals surface area (Å²) in [6.07, 6.45) is 2.17. The van der Waals surface area contributed by atoms with Crippen molar-refractivity contribution < 1.29 is 10.2 Å². The van der Waals surface area contributed by atoms with Gasteiger partial charge >= 0.3 is 0 Å². The molecule has 0 amide bonds. The zero-order chi connectivity index (χ0) is 10.3. The molecule has 2 unspecified atom stereocenters. The predicted molar refractivity (Wildman–Crippen MR) is 55.7 cm³/mol. The lowest BCUT2D eigenvalue weighted by Gasteiger charge is -2.28. The van der Waals surface area contributed by atoms with E-state index >= 15 is 0 Å². The third-order valence-corrected chi connectivity index (χ3v) is 3.45. The Balaban J connectivity index is 2.50. The van der Waals surface area contributed by atoms with Gasteiger partial charge < -0.3 is 10.2 Å². The Morgan fingerprint density at radius 2 is 1.79 bits per heavy atom. The van der Waals surface area contributed by atoms with Gasteiger partial charge in [0.2, 0.25) is 0 Å². The second-order valence-corrected chi connectivity index (χ2v) is 4.34. The summed E-state index contributed by atoms with van der Waals surface area (Å²) >= 11 is 0. The lowest BCUT2D eigenvalue weighted by Crippen LogP contribution is -2.15. The van der Waals surface area contributed by atoms with Crippen LogP contribution in [0.5, 0.6) is 11.5 Å². The van der Waals surface area contributed by atoms with Crippen LogP contribution in [0.25, 0.3) is 0 Å². The molecule has 2 rings (SSSR count). The maximum absolute atomic E-state index is 9.43. The monoisotopic (exact) mass is 192 g/mol. The van der Waals surface area contributed by atoms with Crippen molar-refractivity contribution in [1.29, 1.82) is 0 Å². The molecule has 0 saturated heterocycles. The highest BCUT2D eigenvalue weighted by atomic mass is 16.3. The Hall–Kier alpha value is -1.18. The molecular weight excluding hydrogens is 176 g/mol. The number of phenolic OH excluding ortho intramolecular Hbond substituents is 2. The molecule has 1 aliphatic rings. The number of hydrogen-bond acceptors (Lipinski definition) is 2. The highest BCUT2D eigenvalue weighted by Gasteiger charge is 2.24. The van der Waals surface area contributed by atoms with Gasteiger partial charge in [-0.15, -0.1) is 0 Å². The molecule has 0 aliphatic heterocycles. The summed E-state index contributed by atoms with van der Waals surface area (Å²) in [6.45, 7) is 4.41. The third kappa shape index (κ3) is 1.35. The SMILES string of the molecule is CC1CCc2cc(O)c(O)cc2C1C. The van der Waals surface area contributed by atoms with Crippen LogP contribution in [0.3, 0.4) is 0 Å². The van der Waals surface area contributed by atoms with Gasteiger partial charge in [-0.25, -0.2) is 0 Å². The average Bonchev–Trinajstić information content (AvgIpc) is 2.15. The first-order valence-electron chi connectivity index (χ1n) is 5.14. The molecule has 76 valence electrons. The van der Waals surface area contributed by atoms with Gasteiger partial charge in [-0.2, -0.15) is 0 Å². The van der Waals surface area contributed by atoms with Crippen molar-refractivity contribution in [3.63, 3.8) is 0 Å². The third-order valence-electron chi connectivity index (χ3n) is 3.45. The highest BCUT2D eigenvalue weighted by molar-refractivity contribution is 5.47. The van der Waals surface area contributed by atoms with Gasteiger partial charge in [0.15, 0.2) is 11.5 Å². The van der Waals surface area contributed by atoms with Crippen LogP contribution in [-0.4, -0.2) is 10.2 Å². The lowest BCUT2D eigenvalue weighted by atomic mass is 9.77. The molecule has 0 heterocycles. The molecule has 0 aromatic heterocycles. The smallest absolute Gasteiger partial charge is 0.157 e. The van der Waals surface area contributed by atoms with Crippen molar-refractivity contribution in [2.75, 3.05) is 0 Å². The first kappa shape index (κ1) is 9.38. The number of hydrogen-bond donors (Lipinski definition) is 2. The molecule has 2 N–H and O–H groups in total. The fourth-order valence-corrected chi connectivity index (χ4v) is 2.22. The molecule has 0 bridgehead atoms. The lowest BCUT2D eigenvalue weighted by molar-refractivity contribution is 0.390. The van der Waals surface area contributed by atoms with E-state index in [1.165, 1.54) is 17.5 Å². The van der Waals surface area contributed by atoms with Crippen molar-refractivity contribution in [2.45, 2.75) is 32.6 Å². The second kappa shape index (κ2) is 3.19. The zero-order valence-electron chi connectivity index (χ0n) is 8.62. The van der Waals surface area contributed by atoms with E-state index in [2.05, 4.69) is 13.8 Å². The zero-order valence-corrected chi connectivity index (χ0v) is 8.62. The van der Waals surface area contributed by atoms with Crippen LogP contribution in [-0.2, 0) is 6.42 Å². The van der Waals surface area contributed by atoms with Crippen molar-refractivity contribution in [2.24, 2.45) is 5.92 Å². The first-order valence-corrected chi connectivity index (χ1v) is 5.14. The number of aromatic hydroxyl groups is 2. The number of rotatable bonds is 0. The van der Waals surface area contributed by atoms with Gasteiger partial charge in [-0.1, -0.05) is 13.8 Å². The molecular formula is C12H16O2. The summed E-state index contributed by atoms with van der Waals surface area (Å²) in [5.74, 6) is 1.15. The van der Waals surface area contributed by atoms with Gasteiger partial charge in [-0.05, 0) is 47.9 Å². The molecule has 2 nitrogen and oxygen atoms in total. The fraction of sp³-hybridized carbons (Fsp3) is 0.500. The maximum Gasteiger partial charge on any atom is 0.157 e. The molecule has 1 aromatic rings. The van der Waals surface area contributed by atoms with Crippen LogP contribution < -0.4 is 0 Å². The van der Waals surface area contributed by atoms with Crippen LogP contribution >= 0.6 is 0 Å². The number of aryl methyl sites for hydroxylation is 1. The summed E-state index contributed by atoms with van der Waals surface area (Å²) in [5.41, 5.74) is 2.38. The van der Waals surface area contributed by atoms with E-state index < -0.39 is 0 Å². The largest absolute Gasteiger partial charge is 0.504 e. The summed E-state index contributed by atoms with van der Waals surface area (Å²) in [5, 5.41) is 18.8. The topological polar surface area (TPSA) is 40.5 Å². The summed E-state index contributed by atoms with van der Waals surface area (Å²) in [4.78, 5) is 0. The Kier molecular flexibility index (Phi) is 2.14. The minimum absolute atomic E-state index is 0.00435. The fourth-order valence-electron chi connectivity index (χ4n) is 2.22. The van der Waals surface area contributed by atoms with Gasteiger partial charge in [0, 0.05) is 0 Å². The Bertz CT molecular complexity index is 358. The van der Waals surface area contributed by atoms with E-state index in [0.29, 0.717) is 11.8 Å². The standard InChI is InChI=1S/C12H16O2/c1-7-3-4-9-5-11(13)12(14)6-10(9)8(7)2/h5-8,13-14H,3-4H2,1-2H3. The molecule has 2 heteroatoms. The first-order chi connectivity index (χ1) is 6.59. The van der Waals surface area contributed by atoms with E-state index in [0.717, 1.165) is 6.42 Å². The van der Waals surface area contributed by atoms with Gasteiger partial charge in [0.05, 0.1) is 0 Å². The summed E-state index contributed by atoms with van der Waals surface area (Å²) in [6, 6.07) is 3.41. The van der Waals surface area contributed by atoms with Crippen LogP contribution in [0.1, 0.15) is 37.3 Å². The van der Waals surface area contributed by atoms with Crippen LogP contribution in [0.15, 0.2) is 12.1 Å². The van der Waals surface area contributed by atoms with Crippen molar-refractivity contribution >= 4 is 0 Å². The molecule has 14 heavy (non-hydrogen) atoms. The second-order valence-electron chi connectivity index (χ2n) is 4.34. The van der Waals surface area contributed by atoms with Gasteiger partial charge in [0.1, 0.15) is 0 Å². The molecule has 0 fully saturated rings. The van der Waals surface area contributed by atoms with Gasteiger partial charge in [0.25, 0.3) is 0 Å². The molecule has 0 radical (unpaired) electrons. The molecule has 1 aliphatic carbocycles. The normalized spacial score (nSPS) is 25.9. The Morgan fingerprint density at radius 3 is 2.50 bits per heavy atom. The van der Waals surface area contributed by atoms with E-state index in [-0.39, 0.29) is 11.5 Å². The quantitative estimate of drug-likeness (QED) is 0.620. The molecule has 0 spiro atoms. The minimum atomic E-state index is 0.00435. The number of phenols is 2. The van der Waals surface area contributed by atoms with Crippen molar-refractivity contribution in [1.82, 2.24) is 0 Å². The molecule has 0 saturated carbocycles. The van der Waals surface area contributed by atoms with Crippen molar-refractivity contribution in [3.05, 3.63) is 23.3 Å². The summed E-state index contributed by atoms with van der Waals surface area (Å²) in [7, 11) is 0. The van der Waals surface area contributed by atoms with Crippen molar-refractivity contribution in [3.8, 4) is 11.5 Å².